The molecule has 0 radical (unpaired) electrons. The predicted molar refractivity (Wildman–Crippen MR) is 103 cm³/mol. The quantitative estimate of drug-likeness (QED) is 0.592. The molecule has 148 valence electrons. The molecule has 0 spiro atoms. The fraction of sp³-hybridized carbons (Fsp3) is 0.333. The van der Waals surface area contributed by atoms with Crippen molar-refractivity contribution in [2.45, 2.75) is 25.6 Å². The number of H-pyrrole nitrogens is 1. The van der Waals surface area contributed by atoms with Gasteiger partial charge in [-0.05, 0) is 54.8 Å². The summed E-state index contributed by atoms with van der Waals surface area (Å²) >= 11 is 6.18. The van der Waals surface area contributed by atoms with E-state index in [1.54, 1.807) is 12.1 Å². The molecule has 2 aromatic carbocycles. The Kier molecular flexibility index (Phi) is 5.12. The monoisotopic (exact) mass is 408 g/mol. The minimum absolute atomic E-state index is 0.205. The van der Waals surface area contributed by atoms with Gasteiger partial charge in [-0.3, -0.25) is 4.90 Å². The molecule has 1 N–H and O–H groups in total. The number of aromatic nitrogens is 1. The SMILES string of the molecule is CCOCN1CCc2c([nH]c3ccc(Cl)cc23)C1c1ccc(C(F)(F)F)cc1. The molecule has 0 aliphatic carbocycles. The number of hydrogen-bond acceptors (Lipinski definition) is 2. The van der Waals surface area contributed by atoms with Crippen molar-refractivity contribution in [3.63, 3.8) is 0 Å². The molecule has 0 amide bonds. The molecular weight excluding hydrogens is 389 g/mol. The van der Waals surface area contributed by atoms with E-state index < -0.39 is 11.7 Å². The van der Waals surface area contributed by atoms with Crippen molar-refractivity contribution in [3.05, 3.63) is 69.9 Å². The molecule has 1 atom stereocenters. The summed E-state index contributed by atoms with van der Waals surface area (Å²) in [6.45, 7) is 3.66. The lowest BCUT2D eigenvalue weighted by Crippen LogP contribution is -2.37. The van der Waals surface area contributed by atoms with Gasteiger partial charge in [0.25, 0.3) is 0 Å². The maximum atomic E-state index is 13.0. The molecule has 3 aromatic rings. The van der Waals surface area contributed by atoms with Crippen molar-refractivity contribution in [2.75, 3.05) is 19.9 Å². The maximum Gasteiger partial charge on any atom is 0.416 e. The van der Waals surface area contributed by atoms with Crippen molar-refractivity contribution >= 4 is 22.5 Å². The molecule has 0 bridgehead atoms. The molecule has 3 nitrogen and oxygen atoms in total. The van der Waals surface area contributed by atoms with Crippen molar-refractivity contribution in [1.29, 1.82) is 0 Å². The first-order valence-electron chi connectivity index (χ1n) is 9.17. The number of fused-ring (bicyclic) bond motifs is 3. The van der Waals surface area contributed by atoms with Gasteiger partial charge >= 0.3 is 6.18 Å². The highest BCUT2D eigenvalue weighted by Crippen LogP contribution is 2.39. The van der Waals surface area contributed by atoms with Crippen LogP contribution >= 0.6 is 11.6 Å². The molecule has 28 heavy (non-hydrogen) atoms. The van der Waals surface area contributed by atoms with E-state index in [0.717, 1.165) is 52.8 Å². The summed E-state index contributed by atoms with van der Waals surface area (Å²) in [6.07, 6.45) is -3.53. The molecule has 1 aromatic heterocycles. The lowest BCUT2D eigenvalue weighted by molar-refractivity contribution is -0.137. The van der Waals surface area contributed by atoms with Gasteiger partial charge in [-0.2, -0.15) is 13.2 Å². The number of hydrogen-bond donors (Lipinski definition) is 1. The average Bonchev–Trinajstić information content (AvgIpc) is 3.03. The predicted octanol–water partition coefficient (Wildman–Crippen LogP) is 5.78. The molecule has 7 heteroatoms. The molecule has 0 saturated heterocycles. The van der Waals surface area contributed by atoms with Crippen LogP contribution in [0, 0.1) is 0 Å². The Morgan fingerprint density at radius 1 is 1.18 bits per heavy atom. The van der Waals surface area contributed by atoms with Gasteiger partial charge < -0.3 is 9.72 Å². The van der Waals surface area contributed by atoms with E-state index in [-0.39, 0.29) is 6.04 Å². The van der Waals surface area contributed by atoms with Gasteiger partial charge in [-0.25, -0.2) is 0 Å². The zero-order valence-corrected chi connectivity index (χ0v) is 16.1. The Morgan fingerprint density at radius 3 is 2.61 bits per heavy atom. The van der Waals surface area contributed by atoms with Crippen molar-refractivity contribution < 1.29 is 17.9 Å². The second kappa shape index (κ2) is 7.43. The molecule has 1 aliphatic heterocycles. The summed E-state index contributed by atoms with van der Waals surface area (Å²) in [7, 11) is 0. The van der Waals surface area contributed by atoms with Crippen LogP contribution < -0.4 is 0 Å². The zero-order valence-electron chi connectivity index (χ0n) is 15.3. The number of alkyl halides is 3. The first kappa shape index (κ1) is 19.3. The number of nitrogens with one attached hydrogen (secondary N) is 1. The van der Waals surface area contributed by atoms with Crippen LogP contribution in [-0.2, 0) is 17.3 Å². The van der Waals surface area contributed by atoms with E-state index in [9.17, 15) is 13.2 Å². The Bertz CT molecular complexity index is 982. The smallest absolute Gasteiger partial charge is 0.366 e. The Labute approximate surface area is 166 Å². The van der Waals surface area contributed by atoms with Crippen LogP contribution in [0.2, 0.25) is 5.02 Å². The summed E-state index contributed by atoms with van der Waals surface area (Å²) in [5.74, 6) is 0. The summed E-state index contributed by atoms with van der Waals surface area (Å²) in [5, 5.41) is 1.73. The molecule has 1 aliphatic rings. The van der Waals surface area contributed by atoms with Gasteiger partial charge in [0.2, 0.25) is 0 Å². The lowest BCUT2D eigenvalue weighted by atomic mass is 9.92. The van der Waals surface area contributed by atoms with E-state index >= 15 is 0 Å². The number of ether oxygens (including phenoxy) is 1. The fourth-order valence-corrected chi connectivity index (χ4v) is 4.06. The number of nitrogens with zero attached hydrogens (tertiary/aromatic N) is 1. The highest BCUT2D eigenvalue weighted by atomic mass is 35.5. The number of rotatable bonds is 4. The highest BCUT2D eigenvalue weighted by Gasteiger charge is 2.34. The van der Waals surface area contributed by atoms with Crippen LogP contribution in [0.3, 0.4) is 0 Å². The molecule has 4 rings (SSSR count). The van der Waals surface area contributed by atoms with Crippen LogP contribution in [0.5, 0.6) is 0 Å². The van der Waals surface area contributed by atoms with Crippen molar-refractivity contribution in [3.8, 4) is 0 Å². The van der Waals surface area contributed by atoms with E-state index in [0.29, 0.717) is 18.4 Å². The first-order chi connectivity index (χ1) is 13.4. The Balaban J connectivity index is 1.80. The van der Waals surface area contributed by atoms with Gasteiger partial charge in [0, 0.05) is 34.8 Å². The largest absolute Gasteiger partial charge is 0.416 e. The van der Waals surface area contributed by atoms with Crippen molar-refractivity contribution in [2.24, 2.45) is 0 Å². The number of halogens is 4. The van der Waals surface area contributed by atoms with Crippen LogP contribution in [-0.4, -0.2) is 29.8 Å². The average molecular weight is 409 g/mol. The second-order valence-corrected chi connectivity index (χ2v) is 7.35. The van der Waals surface area contributed by atoms with Gasteiger partial charge in [0.1, 0.15) is 0 Å². The summed E-state index contributed by atoms with van der Waals surface area (Å²) < 4.78 is 44.5. The number of benzene rings is 2. The standard InChI is InChI=1S/C21H20ClF3N2O/c1-2-28-12-27-10-9-16-17-11-15(22)7-8-18(17)26-19(16)20(27)13-3-5-14(6-4-13)21(23,24)25/h3-8,11,20,26H,2,9-10,12H2,1H3. The van der Waals surface area contributed by atoms with Gasteiger partial charge in [-0.1, -0.05) is 23.7 Å². The van der Waals surface area contributed by atoms with Crippen LogP contribution in [0.25, 0.3) is 10.9 Å². The summed E-state index contributed by atoms with van der Waals surface area (Å²) in [4.78, 5) is 5.61. The van der Waals surface area contributed by atoms with E-state index in [4.69, 9.17) is 16.3 Å². The number of aromatic amines is 1. The lowest BCUT2D eigenvalue weighted by Gasteiger charge is -2.35. The first-order valence-corrected chi connectivity index (χ1v) is 9.55. The Morgan fingerprint density at radius 2 is 1.93 bits per heavy atom. The molecule has 0 fully saturated rings. The van der Waals surface area contributed by atoms with Crippen LogP contribution in [0.4, 0.5) is 13.2 Å². The van der Waals surface area contributed by atoms with Gasteiger partial charge in [0.05, 0.1) is 18.3 Å². The third kappa shape index (κ3) is 3.52. The van der Waals surface area contributed by atoms with E-state index in [1.165, 1.54) is 0 Å². The Hall–Kier alpha value is -2.02. The van der Waals surface area contributed by atoms with Crippen LogP contribution in [0.1, 0.15) is 35.3 Å². The normalized spacial score (nSPS) is 17.8. The minimum Gasteiger partial charge on any atom is -0.366 e. The molecular formula is C21H20ClF3N2O. The molecule has 2 heterocycles. The second-order valence-electron chi connectivity index (χ2n) is 6.91. The fourth-order valence-electron chi connectivity index (χ4n) is 3.89. The van der Waals surface area contributed by atoms with Crippen LogP contribution in [0.15, 0.2) is 42.5 Å². The zero-order chi connectivity index (χ0) is 19.9. The third-order valence-corrected chi connectivity index (χ3v) is 5.44. The summed E-state index contributed by atoms with van der Waals surface area (Å²) in [6, 6.07) is 10.9. The molecule has 0 saturated carbocycles. The third-order valence-electron chi connectivity index (χ3n) is 5.20. The van der Waals surface area contributed by atoms with Gasteiger partial charge in [0.15, 0.2) is 0 Å². The topological polar surface area (TPSA) is 28.3 Å². The minimum atomic E-state index is -4.35. The molecule has 1 unspecified atom stereocenters. The van der Waals surface area contributed by atoms with Crippen molar-refractivity contribution in [1.82, 2.24) is 9.88 Å². The van der Waals surface area contributed by atoms with Gasteiger partial charge in [-0.15, -0.1) is 0 Å². The van der Waals surface area contributed by atoms with E-state index in [1.807, 2.05) is 25.1 Å². The maximum absolute atomic E-state index is 13.0. The summed E-state index contributed by atoms with van der Waals surface area (Å²) in [5.41, 5.74) is 3.28. The highest BCUT2D eigenvalue weighted by molar-refractivity contribution is 6.31. The van der Waals surface area contributed by atoms with E-state index in [2.05, 4.69) is 9.88 Å².